The first-order valence-corrected chi connectivity index (χ1v) is 6.92. The van der Waals surface area contributed by atoms with E-state index in [1.165, 1.54) is 23.3 Å². The molecule has 0 bridgehead atoms. The number of hydrogen-bond acceptors (Lipinski definition) is 1. The molecule has 0 amide bonds. The van der Waals surface area contributed by atoms with Gasteiger partial charge in [0.25, 0.3) is 0 Å². The second kappa shape index (κ2) is 5.23. The molecule has 0 aliphatic heterocycles. The molecular formula is C17H17F2N. The number of fused-ring (bicyclic) bond motifs is 1. The summed E-state index contributed by atoms with van der Waals surface area (Å²) in [6.45, 7) is 1.57. The maximum Gasteiger partial charge on any atom is 0.146 e. The van der Waals surface area contributed by atoms with Crippen molar-refractivity contribution in [1.29, 1.82) is 0 Å². The van der Waals surface area contributed by atoms with Gasteiger partial charge in [-0.2, -0.15) is 0 Å². The van der Waals surface area contributed by atoms with Crippen LogP contribution in [0, 0.1) is 18.6 Å². The number of rotatable bonds is 2. The van der Waals surface area contributed by atoms with E-state index in [1.54, 1.807) is 6.92 Å². The zero-order valence-electron chi connectivity index (χ0n) is 11.4. The first kappa shape index (κ1) is 13.1. The molecule has 1 aliphatic rings. The summed E-state index contributed by atoms with van der Waals surface area (Å²) in [5.41, 5.74) is 3.25. The fourth-order valence-corrected chi connectivity index (χ4v) is 2.80. The van der Waals surface area contributed by atoms with Crippen LogP contribution in [0.2, 0.25) is 0 Å². The van der Waals surface area contributed by atoms with E-state index in [-0.39, 0.29) is 23.4 Å². The summed E-state index contributed by atoms with van der Waals surface area (Å²) in [5.74, 6) is -0.757. The Morgan fingerprint density at radius 3 is 2.60 bits per heavy atom. The number of benzene rings is 2. The Morgan fingerprint density at radius 2 is 1.80 bits per heavy atom. The lowest BCUT2D eigenvalue weighted by Gasteiger charge is -2.26. The fourth-order valence-electron chi connectivity index (χ4n) is 2.80. The quantitative estimate of drug-likeness (QED) is 0.863. The van der Waals surface area contributed by atoms with E-state index in [2.05, 4.69) is 17.4 Å². The van der Waals surface area contributed by atoms with Gasteiger partial charge in [-0.3, -0.25) is 0 Å². The van der Waals surface area contributed by atoms with Gasteiger partial charge < -0.3 is 5.32 Å². The SMILES string of the molecule is Cc1cc(F)c(NC2CCc3ccccc3C2)cc1F. The molecule has 0 saturated carbocycles. The Kier molecular flexibility index (Phi) is 3.43. The van der Waals surface area contributed by atoms with Gasteiger partial charge >= 0.3 is 0 Å². The largest absolute Gasteiger partial charge is 0.380 e. The minimum Gasteiger partial charge on any atom is -0.380 e. The maximum absolute atomic E-state index is 13.9. The van der Waals surface area contributed by atoms with E-state index in [1.807, 2.05) is 12.1 Å². The molecule has 0 saturated heterocycles. The van der Waals surface area contributed by atoms with Gasteiger partial charge in [0.2, 0.25) is 0 Å². The third kappa shape index (κ3) is 2.53. The van der Waals surface area contributed by atoms with Crippen LogP contribution in [0.25, 0.3) is 0 Å². The maximum atomic E-state index is 13.9. The van der Waals surface area contributed by atoms with Crippen molar-refractivity contribution in [3.63, 3.8) is 0 Å². The van der Waals surface area contributed by atoms with Crippen molar-refractivity contribution in [1.82, 2.24) is 0 Å². The molecule has 104 valence electrons. The van der Waals surface area contributed by atoms with E-state index in [4.69, 9.17) is 0 Å². The van der Waals surface area contributed by atoms with Crippen LogP contribution in [0.5, 0.6) is 0 Å². The molecule has 1 nitrogen and oxygen atoms in total. The molecule has 0 aromatic heterocycles. The number of halogens is 2. The van der Waals surface area contributed by atoms with Crippen molar-refractivity contribution >= 4 is 5.69 Å². The van der Waals surface area contributed by atoms with Gasteiger partial charge in [0.15, 0.2) is 0 Å². The first-order valence-electron chi connectivity index (χ1n) is 6.92. The highest BCUT2D eigenvalue weighted by Crippen LogP contribution is 2.26. The third-order valence-electron chi connectivity index (χ3n) is 3.95. The predicted octanol–water partition coefficient (Wildman–Crippen LogP) is 4.24. The van der Waals surface area contributed by atoms with Gasteiger partial charge in [0.1, 0.15) is 11.6 Å². The Bertz CT molecular complexity index is 637. The van der Waals surface area contributed by atoms with Gasteiger partial charge in [-0.15, -0.1) is 0 Å². The molecule has 20 heavy (non-hydrogen) atoms. The van der Waals surface area contributed by atoms with Crippen LogP contribution in [0.4, 0.5) is 14.5 Å². The van der Waals surface area contributed by atoms with Crippen LogP contribution in [-0.2, 0) is 12.8 Å². The second-order valence-corrected chi connectivity index (χ2v) is 5.43. The van der Waals surface area contributed by atoms with E-state index in [0.717, 1.165) is 19.3 Å². The van der Waals surface area contributed by atoms with Crippen LogP contribution in [0.1, 0.15) is 23.1 Å². The zero-order chi connectivity index (χ0) is 14.1. The Morgan fingerprint density at radius 1 is 1.05 bits per heavy atom. The summed E-state index contributed by atoms with van der Waals surface area (Å²) in [4.78, 5) is 0. The van der Waals surface area contributed by atoms with Gasteiger partial charge in [0, 0.05) is 12.1 Å². The summed E-state index contributed by atoms with van der Waals surface area (Å²) in [7, 11) is 0. The average molecular weight is 273 g/mol. The first-order chi connectivity index (χ1) is 9.63. The smallest absolute Gasteiger partial charge is 0.146 e. The minimum absolute atomic E-state index is 0.154. The Labute approximate surface area is 117 Å². The molecule has 0 spiro atoms. The highest BCUT2D eigenvalue weighted by Gasteiger charge is 2.19. The monoisotopic (exact) mass is 273 g/mol. The summed E-state index contributed by atoms with van der Waals surface area (Å²) < 4.78 is 27.4. The van der Waals surface area contributed by atoms with Crippen molar-refractivity contribution in [3.8, 4) is 0 Å². The van der Waals surface area contributed by atoms with Gasteiger partial charge in [-0.05, 0) is 48.9 Å². The highest BCUT2D eigenvalue weighted by atomic mass is 19.1. The van der Waals surface area contributed by atoms with Gasteiger partial charge in [0.05, 0.1) is 5.69 Å². The molecule has 2 aromatic rings. The number of nitrogens with one attached hydrogen (secondary N) is 1. The van der Waals surface area contributed by atoms with E-state index in [0.29, 0.717) is 5.56 Å². The molecule has 0 fully saturated rings. The van der Waals surface area contributed by atoms with E-state index >= 15 is 0 Å². The highest BCUT2D eigenvalue weighted by molar-refractivity contribution is 5.48. The van der Waals surface area contributed by atoms with Crippen molar-refractivity contribution in [3.05, 3.63) is 64.7 Å². The van der Waals surface area contributed by atoms with Crippen LogP contribution in [-0.4, -0.2) is 6.04 Å². The molecule has 1 N–H and O–H groups in total. The standard InChI is InChI=1S/C17H17F2N/c1-11-8-16(19)17(10-15(11)18)20-14-7-6-12-4-2-3-5-13(12)9-14/h2-5,8,10,14,20H,6-7,9H2,1H3. The van der Waals surface area contributed by atoms with Crippen molar-refractivity contribution in [2.45, 2.75) is 32.2 Å². The lowest BCUT2D eigenvalue weighted by atomic mass is 9.88. The van der Waals surface area contributed by atoms with Crippen molar-refractivity contribution in [2.24, 2.45) is 0 Å². The van der Waals surface area contributed by atoms with Crippen molar-refractivity contribution < 1.29 is 8.78 Å². The molecule has 1 unspecified atom stereocenters. The summed E-state index contributed by atoms with van der Waals surface area (Å²) in [6.07, 6.45) is 2.76. The summed E-state index contributed by atoms with van der Waals surface area (Å²) >= 11 is 0. The number of anilines is 1. The second-order valence-electron chi connectivity index (χ2n) is 5.43. The molecular weight excluding hydrogens is 256 g/mol. The van der Waals surface area contributed by atoms with Crippen LogP contribution < -0.4 is 5.32 Å². The third-order valence-corrected chi connectivity index (χ3v) is 3.95. The fraction of sp³-hybridized carbons (Fsp3) is 0.294. The van der Waals surface area contributed by atoms with Gasteiger partial charge in [-0.25, -0.2) is 8.78 Å². The Hall–Kier alpha value is -1.90. The van der Waals surface area contributed by atoms with Crippen LogP contribution in [0.3, 0.4) is 0 Å². The molecule has 3 heteroatoms. The number of hydrogen-bond donors (Lipinski definition) is 1. The summed E-state index contributed by atoms with van der Waals surface area (Å²) in [5, 5.41) is 3.14. The Balaban J connectivity index is 1.78. The minimum atomic E-state index is -0.386. The molecule has 0 radical (unpaired) electrons. The van der Waals surface area contributed by atoms with E-state index in [9.17, 15) is 8.78 Å². The zero-order valence-corrected chi connectivity index (χ0v) is 11.4. The average Bonchev–Trinajstić information content (AvgIpc) is 2.44. The van der Waals surface area contributed by atoms with Crippen LogP contribution in [0.15, 0.2) is 36.4 Å². The van der Waals surface area contributed by atoms with E-state index < -0.39 is 0 Å². The van der Waals surface area contributed by atoms with Gasteiger partial charge in [-0.1, -0.05) is 24.3 Å². The van der Waals surface area contributed by atoms with Crippen LogP contribution >= 0.6 is 0 Å². The number of aryl methyl sites for hydroxylation is 2. The predicted molar refractivity (Wildman–Crippen MR) is 77.0 cm³/mol. The molecule has 1 atom stereocenters. The lowest BCUT2D eigenvalue weighted by Crippen LogP contribution is -2.27. The summed E-state index contributed by atoms with van der Waals surface area (Å²) in [6, 6.07) is 11.0. The molecule has 3 rings (SSSR count). The van der Waals surface area contributed by atoms with Crippen molar-refractivity contribution in [2.75, 3.05) is 5.32 Å². The molecule has 0 heterocycles. The molecule has 2 aromatic carbocycles. The molecule has 1 aliphatic carbocycles. The normalized spacial score (nSPS) is 17.6. The topological polar surface area (TPSA) is 12.0 Å². The lowest BCUT2D eigenvalue weighted by molar-refractivity contribution is 0.577.